The molecule has 0 heterocycles. The van der Waals surface area contributed by atoms with Crippen LogP contribution in [0.5, 0.6) is 5.75 Å². The van der Waals surface area contributed by atoms with Gasteiger partial charge in [0.25, 0.3) is 10.0 Å². The van der Waals surface area contributed by atoms with Crippen molar-refractivity contribution in [1.29, 1.82) is 0 Å². The highest BCUT2D eigenvalue weighted by molar-refractivity contribution is 7.92. The molecule has 0 aliphatic rings. The number of rotatable bonds is 13. The van der Waals surface area contributed by atoms with Crippen LogP contribution in [0.25, 0.3) is 0 Å². The highest BCUT2D eigenvalue weighted by Gasteiger charge is 2.35. The fraction of sp³-hybridized carbons (Fsp3) is 0.235. The van der Waals surface area contributed by atoms with Crippen LogP contribution in [-0.4, -0.2) is 50.9 Å². The van der Waals surface area contributed by atoms with E-state index >= 15 is 0 Å². The summed E-state index contributed by atoms with van der Waals surface area (Å²) in [4.78, 5) is 29.6. The third-order valence-electron chi connectivity index (χ3n) is 7.03. The molecule has 0 spiro atoms. The van der Waals surface area contributed by atoms with Crippen molar-refractivity contribution in [2.75, 3.05) is 18.0 Å². The molecule has 0 saturated heterocycles. The van der Waals surface area contributed by atoms with Crippen LogP contribution in [0.3, 0.4) is 0 Å². The largest absolute Gasteiger partial charge is 0.495 e. The predicted octanol–water partition coefficient (Wildman–Crippen LogP) is 6.36. The maximum atomic E-state index is 14.5. The van der Waals surface area contributed by atoms with Crippen molar-refractivity contribution >= 4 is 50.7 Å². The summed E-state index contributed by atoms with van der Waals surface area (Å²) in [5, 5.41) is 3.51. The van der Waals surface area contributed by atoms with Crippen LogP contribution in [0, 0.1) is 0 Å². The lowest BCUT2D eigenvalue weighted by Crippen LogP contribution is -2.54. The highest BCUT2D eigenvalue weighted by Crippen LogP contribution is 2.32. The van der Waals surface area contributed by atoms with Gasteiger partial charge < -0.3 is 15.0 Å². The lowest BCUT2D eigenvalue weighted by molar-refractivity contribution is -0.140. The first kappa shape index (κ1) is 33.8. The smallest absolute Gasteiger partial charge is 0.264 e. The normalized spacial score (nSPS) is 12.0. The maximum absolute atomic E-state index is 14.5. The first-order valence-electron chi connectivity index (χ1n) is 14.3. The summed E-state index contributed by atoms with van der Waals surface area (Å²) in [5.41, 5.74) is 1.59. The van der Waals surface area contributed by atoms with E-state index < -0.39 is 28.5 Å². The van der Waals surface area contributed by atoms with E-state index in [0.717, 1.165) is 9.87 Å². The standard InChI is InChI=1S/C34H35Cl2N3O5S/c1-24(2)37-34(41)31(20-25-12-6-4-7-13-25)38(22-26-14-10-11-17-29(26)35)33(40)23-39(27-18-19-32(44-3)30(36)21-27)45(42,43)28-15-8-5-9-16-28/h4-19,21,24,31H,20,22-23H2,1-3H3,(H,37,41). The maximum Gasteiger partial charge on any atom is 0.264 e. The van der Waals surface area contributed by atoms with Crippen molar-refractivity contribution < 1.29 is 22.7 Å². The van der Waals surface area contributed by atoms with E-state index in [0.29, 0.717) is 16.3 Å². The van der Waals surface area contributed by atoms with E-state index in [-0.39, 0.29) is 40.5 Å². The zero-order chi connectivity index (χ0) is 32.6. The van der Waals surface area contributed by atoms with Crippen molar-refractivity contribution in [2.24, 2.45) is 0 Å². The summed E-state index contributed by atoms with van der Waals surface area (Å²) in [6.07, 6.45) is 0.190. The van der Waals surface area contributed by atoms with Gasteiger partial charge in [0.2, 0.25) is 11.8 Å². The average Bonchev–Trinajstić information content (AvgIpc) is 3.02. The minimum absolute atomic E-state index is 0.0132. The Morgan fingerprint density at radius 1 is 0.844 bits per heavy atom. The molecule has 2 amide bonds. The van der Waals surface area contributed by atoms with Gasteiger partial charge in [-0.15, -0.1) is 0 Å². The van der Waals surface area contributed by atoms with Gasteiger partial charge in [0.15, 0.2) is 0 Å². The summed E-state index contributed by atoms with van der Waals surface area (Å²) >= 11 is 12.9. The van der Waals surface area contributed by atoms with Gasteiger partial charge in [-0.3, -0.25) is 13.9 Å². The number of carbonyl (C=O) groups is 2. The van der Waals surface area contributed by atoms with Gasteiger partial charge in [-0.05, 0) is 61.4 Å². The molecule has 0 aliphatic heterocycles. The molecule has 4 aromatic rings. The molecule has 0 radical (unpaired) electrons. The van der Waals surface area contributed by atoms with E-state index in [1.807, 2.05) is 44.2 Å². The predicted molar refractivity (Wildman–Crippen MR) is 178 cm³/mol. The zero-order valence-corrected chi connectivity index (χ0v) is 27.5. The molecule has 45 heavy (non-hydrogen) atoms. The monoisotopic (exact) mass is 667 g/mol. The minimum Gasteiger partial charge on any atom is -0.495 e. The molecular formula is C34H35Cl2N3O5S. The Hall–Kier alpha value is -4.05. The topological polar surface area (TPSA) is 96.0 Å². The number of hydrogen-bond donors (Lipinski definition) is 1. The zero-order valence-electron chi connectivity index (χ0n) is 25.2. The quantitative estimate of drug-likeness (QED) is 0.179. The fourth-order valence-electron chi connectivity index (χ4n) is 4.80. The SMILES string of the molecule is COc1ccc(N(CC(=O)N(Cc2ccccc2Cl)C(Cc2ccccc2)C(=O)NC(C)C)S(=O)(=O)c2ccccc2)cc1Cl. The van der Waals surface area contributed by atoms with Crippen molar-refractivity contribution in [3.05, 3.63) is 124 Å². The lowest BCUT2D eigenvalue weighted by atomic mass is 10.0. The van der Waals surface area contributed by atoms with Crippen LogP contribution < -0.4 is 14.4 Å². The van der Waals surface area contributed by atoms with Crippen molar-refractivity contribution in [2.45, 2.75) is 43.8 Å². The van der Waals surface area contributed by atoms with Crippen molar-refractivity contribution in [3.63, 3.8) is 0 Å². The second kappa shape index (κ2) is 15.3. The Labute approximate surface area is 274 Å². The highest BCUT2D eigenvalue weighted by atomic mass is 35.5. The molecule has 8 nitrogen and oxygen atoms in total. The van der Waals surface area contributed by atoms with Crippen molar-refractivity contribution in [3.8, 4) is 5.75 Å². The Bertz CT molecular complexity index is 1720. The molecule has 11 heteroatoms. The summed E-state index contributed by atoms with van der Waals surface area (Å²) in [6.45, 7) is 3.01. The Kier molecular flexibility index (Phi) is 11.5. The molecule has 0 bridgehead atoms. The van der Waals surface area contributed by atoms with Gasteiger partial charge in [-0.1, -0.05) is 89.9 Å². The Morgan fingerprint density at radius 2 is 1.47 bits per heavy atom. The number of nitrogens with zero attached hydrogens (tertiary/aromatic N) is 2. The van der Waals surface area contributed by atoms with Gasteiger partial charge in [0.05, 0.1) is 22.7 Å². The van der Waals surface area contributed by atoms with E-state index in [2.05, 4.69) is 5.32 Å². The third kappa shape index (κ3) is 8.57. The van der Waals surface area contributed by atoms with Crippen molar-refractivity contribution in [1.82, 2.24) is 10.2 Å². The Balaban J connectivity index is 1.83. The summed E-state index contributed by atoms with van der Waals surface area (Å²) in [6, 6.07) is 27.4. The van der Waals surface area contributed by atoms with Gasteiger partial charge in [0.1, 0.15) is 18.3 Å². The number of hydrogen-bond acceptors (Lipinski definition) is 5. The number of methoxy groups -OCH3 is 1. The molecule has 4 rings (SSSR count). The van der Waals surface area contributed by atoms with Gasteiger partial charge >= 0.3 is 0 Å². The molecule has 0 aromatic heterocycles. The summed E-state index contributed by atoms with van der Waals surface area (Å²) < 4.78 is 34.4. The number of sulfonamides is 1. The van der Waals surface area contributed by atoms with Crippen LogP contribution in [0.4, 0.5) is 5.69 Å². The van der Waals surface area contributed by atoms with Crippen LogP contribution in [0.15, 0.2) is 108 Å². The van der Waals surface area contributed by atoms with E-state index in [1.165, 1.54) is 42.3 Å². The van der Waals surface area contributed by atoms with Gasteiger partial charge in [-0.2, -0.15) is 0 Å². The second-order valence-electron chi connectivity index (χ2n) is 10.6. The molecule has 1 atom stereocenters. The molecule has 1 N–H and O–H groups in total. The number of ether oxygens (including phenoxy) is 1. The number of amides is 2. The number of carbonyl (C=O) groups excluding carboxylic acids is 2. The molecule has 1 unspecified atom stereocenters. The van der Waals surface area contributed by atoms with Crippen LogP contribution >= 0.6 is 23.2 Å². The fourth-order valence-corrected chi connectivity index (χ4v) is 6.68. The van der Waals surface area contributed by atoms with Crippen LogP contribution in [-0.2, 0) is 32.6 Å². The van der Waals surface area contributed by atoms with Gasteiger partial charge in [0, 0.05) is 24.0 Å². The first-order chi connectivity index (χ1) is 21.5. The average molecular weight is 669 g/mol. The minimum atomic E-state index is -4.26. The third-order valence-corrected chi connectivity index (χ3v) is 9.49. The van der Waals surface area contributed by atoms with Crippen LogP contribution in [0.1, 0.15) is 25.0 Å². The first-order valence-corrected chi connectivity index (χ1v) is 16.5. The molecular weight excluding hydrogens is 633 g/mol. The lowest BCUT2D eigenvalue weighted by Gasteiger charge is -2.34. The Morgan fingerprint density at radius 3 is 2.07 bits per heavy atom. The molecule has 0 fully saturated rings. The molecule has 0 aliphatic carbocycles. The van der Waals surface area contributed by atoms with E-state index in [1.54, 1.807) is 42.5 Å². The number of benzene rings is 4. The summed E-state index contributed by atoms with van der Waals surface area (Å²) in [7, 11) is -2.82. The molecule has 0 saturated carbocycles. The number of halogens is 2. The van der Waals surface area contributed by atoms with Gasteiger partial charge in [-0.25, -0.2) is 8.42 Å². The number of nitrogens with one attached hydrogen (secondary N) is 1. The summed E-state index contributed by atoms with van der Waals surface area (Å²) in [5.74, 6) is -0.641. The molecule has 236 valence electrons. The van der Waals surface area contributed by atoms with E-state index in [4.69, 9.17) is 27.9 Å². The number of anilines is 1. The molecule has 4 aromatic carbocycles. The second-order valence-corrected chi connectivity index (χ2v) is 13.3. The van der Waals surface area contributed by atoms with Crippen LogP contribution in [0.2, 0.25) is 10.0 Å². The van der Waals surface area contributed by atoms with E-state index in [9.17, 15) is 18.0 Å².